The summed E-state index contributed by atoms with van der Waals surface area (Å²) in [5.41, 5.74) is 5.84. The first-order chi connectivity index (χ1) is 18.0. The summed E-state index contributed by atoms with van der Waals surface area (Å²) in [5, 5.41) is 4.20. The van der Waals surface area contributed by atoms with Gasteiger partial charge in [-0.3, -0.25) is 9.59 Å². The molecule has 2 aliphatic heterocycles. The second kappa shape index (κ2) is 9.46. The monoisotopic (exact) mass is 498 g/mol. The van der Waals surface area contributed by atoms with Gasteiger partial charge in [0.15, 0.2) is 0 Å². The van der Waals surface area contributed by atoms with Crippen molar-refractivity contribution in [1.29, 1.82) is 0 Å². The maximum absolute atomic E-state index is 12.8. The standard InChI is InChI=1S/C28H30N6O3/c1-18-5-7-22(13-19(18)2)34-16-21(15-26(34)36)28-30-27(31-37-28)20-6-8-24-23(14-20)29-17-33(24)12-9-25(35)32-10-3-4-11-32/h5-8,13-14,17,21H,3-4,9-12,15-16H2,1-2H3/t21-/m0/s1. The highest BCUT2D eigenvalue weighted by atomic mass is 16.5. The van der Waals surface area contributed by atoms with Gasteiger partial charge in [-0.1, -0.05) is 11.2 Å². The Morgan fingerprint density at radius 2 is 1.92 bits per heavy atom. The van der Waals surface area contributed by atoms with Crippen molar-refractivity contribution in [1.82, 2.24) is 24.6 Å². The van der Waals surface area contributed by atoms with E-state index in [4.69, 9.17) is 4.52 Å². The first-order valence-electron chi connectivity index (χ1n) is 12.9. The zero-order valence-corrected chi connectivity index (χ0v) is 21.2. The van der Waals surface area contributed by atoms with Crippen molar-refractivity contribution in [2.75, 3.05) is 24.5 Å². The van der Waals surface area contributed by atoms with Crippen molar-refractivity contribution in [3.05, 3.63) is 59.7 Å². The SMILES string of the molecule is Cc1ccc(N2C[C@@H](c3nc(-c4ccc5c(c4)ncn5CCC(=O)N4CCCC4)no3)CC2=O)cc1C. The van der Waals surface area contributed by atoms with Crippen molar-refractivity contribution in [2.45, 2.75) is 52.0 Å². The molecule has 2 aromatic heterocycles. The Hall–Kier alpha value is -4.01. The minimum absolute atomic E-state index is 0.0585. The van der Waals surface area contributed by atoms with Gasteiger partial charge in [-0.15, -0.1) is 0 Å². The molecule has 2 aromatic carbocycles. The molecule has 4 aromatic rings. The molecule has 0 unspecified atom stereocenters. The molecular formula is C28H30N6O3. The minimum atomic E-state index is -0.147. The highest BCUT2D eigenvalue weighted by Gasteiger charge is 2.35. The number of carbonyl (C=O) groups is 2. The van der Waals surface area contributed by atoms with Gasteiger partial charge < -0.3 is 18.9 Å². The van der Waals surface area contributed by atoms with Gasteiger partial charge in [0.25, 0.3) is 0 Å². The van der Waals surface area contributed by atoms with E-state index in [9.17, 15) is 9.59 Å². The van der Waals surface area contributed by atoms with Crippen LogP contribution < -0.4 is 4.90 Å². The van der Waals surface area contributed by atoms with Crippen LogP contribution in [0.3, 0.4) is 0 Å². The molecule has 0 bridgehead atoms. The summed E-state index contributed by atoms with van der Waals surface area (Å²) in [6.07, 6.45) is 4.79. The highest BCUT2D eigenvalue weighted by molar-refractivity contribution is 5.96. The maximum atomic E-state index is 12.8. The summed E-state index contributed by atoms with van der Waals surface area (Å²) >= 11 is 0. The fourth-order valence-electron chi connectivity index (χ4n) is 5.26. The van der Waals surface area contributed by atoms with E-state index in [1.165, 1.54) is 5.56 Å². The van der Waals surface area contributed by atoms with Crippen molar-refractivity contribution >= 4 is 28.5 Å². The summed E-state index contributed by atoms with van der Waals surface area (Å²) < 4.78 is 7.62. The Morgan fingerprint density at radius 3 is 2.73 bits per heavy atom. The van der Waals surface area contributed by atoms with Crippen LogP contribution in [0.1, 0.15) is 48.6 Å². The largest absolute Gasteiger partial charge is 0.343 e. The van der Waals surface area contributed by atoms with Crippen LogP contribution in [-0.4, -0.2) is 56.0 Å². The molecule has 0 spiro atoms. The maximum Gasteiger partial charge on any atom is 0.232 e. The number of benzene rings is 2. The number of aromatic nitrogens is 4. The first kappa shape index (κ1) is 23.4. The number of rotatable bonds is 6. The molecule has 0 N–H and O–H groups in total. The number of anilines is 1. The van der Waals surface area contributed by atoms with Crippen LogP contribution in [0.15, 0.2) is 47.2 Å². The summed E-state index contributed by atoms with van der Waals surface area (Å²) in [6.45, 7) is 6.98. The zero-order valence-electron chi connectivity index (χ0n) is 21.2. The van der Waals surface area contributed by atoms with Gasteiger partial charge in [0.1, 0.15) is 0 Å². The summed E-state index contributed by atoms with van der Waals surface area (Å²) in [4.78, 5) is 38.1. The topological polar surface area (TPSA) is 97.4 Å². The van der Waals surface area contributed by atoms with E-state index < -0.39 is 0 Å². The van der Waals surface area contributed by atoms with E-state index in [0.717, 1.165) is 53.8 Å². The number of carbonyl (C=O) groups excluding carboxylic acids is 2. The lowest BCUT2D eigenvalue weighted by atomic mass is 10.1. The van der Waals surface area contributed by atoms with Crippen LogP contribution in [0.4, 0.5) is 5.69 Å². The smallest absolute Gasteiger partial charge is 0.232 e. The molecule has 2 aliphatic rings. The van der Waals surface area contributed by atoms with Gasteiger partial charge in [-0.2, -0.15) is 4.98 Å². The second-order valence-corrected chi connectivity index (χ2v) is 10.1. The Morgan fingerprint density at radius 1 is 1.08 bits per heavy atom. The van der Waals surface area contributed by atoms with E-state index >= 15 is 0 Å². The van der Waals surface area contributed by atoms with Crippen LogP contribution in [0.2, 0.25) is 0 Å². The number of fused-ring (bicyclic) bond motifs is 1. The van der Waals surface area contributed by atoms with E-state index in [1.54, 1.807) is 11.2 Å². The van der Waals surface area contributed by atoms with E-state index in [-0.39, 0.29) is 17.7 Å². The molecule has 0 radical (unpaired) electrons. The fourth-order valence-corrected chi connectivity index (χ4v) is 5.26. The number of imidazole rings is 1. The van der Waals surface area contributed by atoms with Gasteiger partial charge >= 0.3 is 0 Å². The third kappa shape index (κ3) is 4.50. The molecule has 2 amide bonds. The van der Waals surface area contributed by atoms with Crippen LogP contribution in [-0.2, 0) is 16.1 Å². The summed E-state index contributed by atoms with van der Waals surface area (Å²) in [7, 11) is 0. The van der Waals surface area contributed by atoms with Crippen molar-refractivity contribution in [3.8, 4) is 11.4 Å². The number of nitrogens with zero attached hydrogens (tertiary/aromatic N) is 6. The van der Waals surface area contributed by atoms with E-state index in [1.807, 2.05) is 45.9 Å². The quantitative estimate of drug-likeness (QED) is 0.395. The molecule has 9 nitrogen and oxygen atoms in total. The second-order valence-electron chi connectivity index (χ2n) is 10.1. The van der Waals surface area contributed by atoms with Gasteiger partial charge in [0, 0.05) is 50.3 Å². The zero-order chi connectivity index (χ0) is 25.5. The lowest BCUT2D eigenvalue weighted by molar-refractivity contribution is -0.130. The number of likely N-dealkylation sites (tertiary alicyclic amines) is 1. The lowest BCUT2D eigenvalue weighted by Gasteiger charge is -2.17. The number of hydrogen-bond acceptors (Lipinski definition) is 6. The van der Waals surface area contributed by atoms with Gasteiger partial charge in [-0.05, 0) is 68.1 Å². The molecule has 2 saturated heterocycles. The first-order valence-corrected chi connectivity index (χ1v) is 12.9. The van der Waals surface area contributed by atoms with Gasteiger partial charge in [-0.25, -0.2) is 4.98 Å². The molecule has 0 aliphatic carbocycles. The average molecular weight is 499 g/mol. The molecular weight excluding hydrogens is 468 g/mol. The van der Waals surface area contributed by atoms with Crippen molar-refractivity contribution < 1.29 is 14.1 Å². The summed E-state index contributed by atoms with van der Waals surface area (Å²) in [6, 6.07) is 11.9. The number of hydrogen-bond donors (Lipinski definition) is 0. The van der Waals surface area contributed by atoms with E-state index in [2.05, 4.69) is 29.0 Å². The number of aryl methyl sites for hydroxylation is 3. The normalized spacial score (nSPS) is 17.9. The Balaban J connectivity index is 1.15. The molecule has 4 heterocycles. The third-order valence-electron chi connectivity index (χ3n) is 7.62. The summed E-state index contributed by atoms with van der Waals surface area (Å²) in [5.74, 6) is 1.07. The lowest BCUT2D eigenvalue weighted by Crippen LogP contribution is -2.28. The van der Waals surface area contributed by atoms with Crippen LogP contribution >= 0.6 is 0 Å². The highest BCUT2D eigenvalue weighted by Crippen LogP contribution is 2.33. The van der Waals surface area contributed by atoms with E-state index in [0.29, 0.717) is 37.6 Å². The van der Waals surface area contributed by atoms with Crippen LogP contribution in [0, 0.1) is 13.8 Å². The van der Waals surface area contributed by atoms with Gasteiger partial charge in [0.2, 0.25) is 23.5 Å². The molecule has 6 rings (SSSR count). The number of amides is 2. The predicted molar refractivity (Wildman–Crippen MR) is 139 cm³/mol. The Kier molecular flexibility index (Phi) is 5.98. The van der Waals surface area contributed by atoms with Crippen molar-refractivity contribution in [2.24, 2.45) is 0 Å². The van der Waals surface area contributed by atoms with Crippen LogP contribution in [0.5, 0.6) is 0 Å². The van der Waals surface area contributed by atoms with Gasteiger partial charge in [0.05, 0.1) is 23.3 Å². The molecule has 2 fully saturated rings. The predicted octanol–water partition coefficient (Wildman–Crippen LogP) is 4.24. The third-order valence-corrected chi connectivity index (χ3v) is 7.62. The fraction of sp³-hybridized carbons (Fsp3) is 0.393. The molecule has 1 atom stereocenters. The average Bonchev–Trinajstić information content (AvgIpc) is 3.70. The Labute approximate surface area is 215 Å². The molecule has 9 heteroatoms. The minimum Gasteiger partial charge on any atom is -0.343 e. The molecule has 0 saturated carbocycles. The van der Waals surface area contributed by atoms with Crippen molar-refractivity contribution in [3.63, 3.8) is 0 Å². The molecule has 190 valence electrons. The van der Waals surface area contributed by atoms with Crippen LogP contribution in [0.25, 0.3) is 22.4 Å². The molecule has 37 heavy (non-hydrogen) atoms. The Bertz CT molecular complexity index is 1480.